The van der Waals surface area contributed by atoms with Crippen molar-refractivity contribution in [3.8, 4) is 0 Å². The third-order valence-corrected chi connectivity index (χ3v) is 6.40. The molecule has 3 rings (SSSR count). The smallest absolute Gasteiger partial charge is 0.253 e. The van der Waals surface area contributed by atoms with Crippen molar-refractivity contribution in [1.82, 2.24) is 9.80 Å². The van der Waals surface area contributed by atoms with Gasteiger partial charge in [0.2, 0.25) is 11.8 Å². The molecule has 0 aliphatic carbocycles. The maximum atomic E-state index is 12.7. The maximum Gasteiger partial charge on any atom is 0.253 e. The SMILES string of the molecule is NC(=O)CCC1CCCN(CC(=O)Nc2cccc(C(=O)N3CCSCC3)c2)C1. The number of nitrogens with zero attached hydrogens (tertiary/aromatic N) is 2. The minimum atomic E-state index is -0.266. The molecule has 7 nitrogen and oxygen atoms in total. The molecule has 0 spiro atoms. The molecule has 29 heavy (non-hydrogen) atoms. The van der Waals surface area contributed by atoms with Gasteiger partial charge in [-0.05, 0) is 49.9 Å². The monoisotopic (exact) mass is 418 g/mol. The van der Waals surface area contributed by atoms with Crippen LogP contribution in [-0.4, -0.2) is 71.8 Å². The number of benzene rings is 1. The first kappa shape index (κ1) is 21.6. The average molecular weight is 419 g/mol. The standard InChI is InChI=1S/C21H30N4O3S/c22-19(26)7-6-16-3-2-8-24(14-16)15-20(27)23-18-5-1-4-17(13-18)21(28)25-9-11-29-12-10-25/h1,4-5,13,16H,2-3,6-12,14-15H2,(H2,22,26)(H,23,27). The van der Waals surface area contributed by atoms with E-state index in [4.69, 9.17) is 5.73 Å². The molecule has 1 aromatic rings. The van der Waals surface area contributed by atoms with Crippen LogP contribution in [-0.2, 0) is 9.59 Å². The molecular weight excluding hydrogens is 388 g/mol. The Morgan fingerprint density at radius 3 is 2.72 bits per heavy atom. The van der Waals surface area contributed by atoms with Crippen molar-refractivity contribution in [2.45, 2.75) is 25.7 Å². The summed E-state index contributed by atoms with van der Waals surface area (Å²) >= 11 is 1.87. The fraction of sp³-hybridized carbons (Fsp3) is 0.571. The zero-order valence-corrected chi connectivity index (χ0v) is 17.6. The molecule has 1 aromatic carbocycles. The van der Waals surface area contributed by atoms with E-state index in [9.17, 15) is 14.4 Å². The Hall–Kier alpha value is -2.06. The molecule has 0 bridgehead atoms. The lowest BCUT2D eigenvalue weighted by molar-refractivity contribution is -0.119. The molecule has 158 valence electrons. The number of amides is 3. The number of carbonyl (C=O) groups is 3. The number of hydrogen-bond donors (Lipinski definition) is 2. The minimum Gasteiger partial charge on any atom is -0.370 e. The normalized spacial score (nSPS) is 20.3. The van der Waals surface area contributed by atoms with E-state index in [0.717, 1.165) is 56.9 Å². The van der Waals surface area contributed by atoms with Crippen LogP contribution in [0.1, 0.15) is 36.0 Å². The summed E-state index contributed by atoms with van der Waals surface area (Å²) in [4.78, 5) is 40.2. The van der Waals surface area contributed by atoms with Crippen LogP contribution in [0.25, 0.3) is 0 Å². The Bertz CT molecular complexity index is 736. The number of likely N-dealkylation sites (tertiary alicyclic amines) is 1. The van der Waals surface area contributed by atoms with E-state index in [2.05, 4.69) is 10.2 Å². The summed E-state index contributed by atoms with van der Waals surface area (Å²) in [5.74, 6) is 2.02. The van der Waals surface area contributed by atoms with Crippen molar-refractivity contribution in [2.75, 3.05) is 49.5 Å². The van der Waals surface area contributed by atoms with Gasteiger partial charge in [-0.1, -0.05) is 6.07 Å². The van der Waals surface area contributed by atoms with E-state index in [1.807, 2.05) is 28.8 Å². The Morgan fingerprint density at radius 2 is 1.97 bits per heavy atom. The van der Waals surface area contributed by atoms with Crippen LogP contribution in [0.3, 0.4) is 0 Å². The van der Waals surface area contributed by atoms with Crippen LogP contribution >= 0.6 is 11.8 Å². The summed E-state index contributed by atoms with van der Waals surface area (Å²) in [6, 6.07) is 7.18. The second-order valence-corrected chi connectivity index (χ2v) is 9.01. The number of thioether (sulfide) groups is 1. The van der Waals surface area contributed by atoms with Crippen molar-refractivity contribution in [3.63, 3.8) is 0 Å². The number of nitrogens with one attached hydrogen (secondary N) is 1. The number of rotatable bonds is 7. The summed E-state index contributed by atoms with van der Waals surface area (Å²) in [6.07, 6.45) is 3.28. The molecule has 2 heterocycles. The highest BCUT2D eigenvalue weighted by Crippen LogP contribution is 2.21. The van der Waals surface area contributed by atoms with Gasteiger partial charge >= 0.3 is 0 Å². The van der Waals surface area contributed by atoms with Crippen molar-refractivity contribution in [2.24, 2.45) is 11.7 Å². The van der Waals surface area contributed by atoms with Crippen LogP contribution < -0.4 is 11.1 Å². The average Bonchev–Trinajstić information content (AvgIpc) is 2.73. The largest absolute Gasteiger partial charge is 0.370 e. The van der Waals surface area contributed by atoms with Gasteiger partial charge in [0.1, 0.15) is 0 Å². The van der Waals surface area contributed by atoms with Gasteiger partial charge in [-0.15, -0.1) is 0 Å². The van der Waals surface area contributed by atoms with Gasteiger partial charge in [0, 0.05) is 48.8 Å². The zero-order chi connectivity index (χ0) is 20.6. The van der Waals surface area contributed by atoms with Crippen molar-refractivity contribution >= 4 is 35.2 Å². The first-order valence-electron chi connectivity index (χ1n) is 10.3. The minimum absolute atomic E-state index is 0.0229. The number of carbonyl (C=O) groups excluding carboxylic acids is 3. The lowest BCUT2D eigenvalue weighted by Gasteiger charge is -2.32. The van der Waals surface area contributed by atoms with E-state index in [-0.39, 0.29) is 17.7 Å². The van der Waals surface area contributed by atoms with Crippen molar-refractivity contribution in [3.05, 3.63) is 29.8 Å². The fourth-order valence-corrected chi connectivity index (χ4v) is 4.86. The molecule has 2 aliphatic heterocycles. The highest BCUT2D eigenvalue weighted by Gasteiger charge is 2.22. The van der Waals surface area contributed by atoms with Crippen molar-refractivity contribution in [1.29, 1.82) is 0 Å². The Kier molecular flexibility index (Phi) is 7.94. The second-order valence-electron chi connectivity index (χ2n) is 7.78. The quantitative estimate of drug-likeness (QED) is 0.704. The van der Waals surface area contributed by atoms with Gasteiger partial charge in [-0.25, -0.2) is 0 Å². The first-order valence-corrected chi connectivity index (χ1v) is 11.4. The van der Waals surface area contributed by atoms with Crippen LogP contribution in [0.15, 0.2) is 24.3 Å². The topological polar surface area (TPSA) is 95.7 Å². The van der Waals surface area contributed by atoms with Gasteiger partial charge in [0.15, 0.2) is 0 Å². The first-order chi connectivity index (χ1) is 14.0. The Balaban J connectivity index is 1.51. The summed E-state index contributed by atoms with van der Waals surface area (Å²) in [6.45, 7) is 3.55. The molecule has 1 unspecified atom stereocenters. The zero-order valence-electron chi connectivity index (χ0n) is 16.8. The van der Waals surface area contributed by atoms with E-state index in [0.29, 0.717) is 30.1 Å². The Labute approximate surface area is 176 Å². The van der Waals surface area contributed by atoms with Crippen LogP contribution in [0.5, 0.6) is 0 Å². The molecule has 2 fully saturated rings. The predicted octanol–water partition coefficient (Wildman–Crippen LogP) is 1.79. The summed E-state index contributed by atoms with van der Waals surface area (Å²) in [7, 11) is 0. The van der Waals surface area contributed by atoms with Gasteiger partial charge < -0.3 is 16.0 Å². The van der Waals surface area contributed by atoms with Crippen molar-refractivity contribution < 1.29 is 14.4 Å². The number of nitrogens with two attached hydrogens (primary N) is 1. The van der Waals surface area contributed by atoms with Gasteiger partial charge in [0.05, 0.1) is 6.54 Å². The molecule has 0 aromatic heterocycles. The van der Waals surface area contributed by atoms with Crippen LogP contribution in [0.4, 0.5) is 5.69 Å². The maximum absolute atomic E-state index is 12.7. The molecule has 3 N–H and O–H groups in total. The molecule has 2 saturated heterocycles. The molecule has 3 amide bonds. The molecule has 2 aliphatic rings. The highest BCUT2D eigenvalue weighted by atomic mass is 32.2. The lowest BCUT2D eigenvalue weighted by atomic mass is 9.93. The summed E-state index contributed by atoms with van der Waals surface area (Å²) in [5, 5.41) is 2.92. The Morgan fingerprint density at radius 1 is 1.17 bits per heavy atom. The number of primary amides is 1. The van der Waals surface area contributed by atoms with Crippen LogP contribution in [0, 0.1) is 5.92 Å². The molecule has 8 heteroatoms. The van der Waals surface area contributed by atoms with Gasteiger partial charge in [-0.3, -0.25) is 19.3 Å². The molecular formula is C21H30N4O3S. The van der Waals surface area contributed by atoms with E-state index in [1.165, 1.54) is 0 Å². The van der Waals surface area contributed by atoms with E-state index >= 15 is 0 Å². The predicted molar refractivity (Wildman–Crippen MR) is 116 cm³/mol. The fourth-order valence-electron chi connectivity index (χ4n) is 3.96. The molecule has 0 radical (unpaired) electrons. The lowest BCUT2D eigenvalue weighted by Crippen LogP contribution is -2.40. The summed E-state index contributed by atoms with van der Waals surface area (Å²) < 4.78 is 0. The van der Waals surface area contributed by atoms with E-state index in [1.54, 1.807) is 12.1 Å². The number of anilines is 1. The summed E-state index contributed by atoms with van der Waals surface area (Å²) in [5.41, 5.74) is 6.51. The second kappa shape index (κ2) is 10.6. The third-order valence-electron chi connectivity index (χ3n) is 5.46. The highest BCUT2D eigenvalue weighted by molar-refractivity contribution is 7.99. The number of hydrogen-bond acceptors (Lipinski definition) is 5. The molecule has 1 atom stereocenters. The van der Waals surface area contributed by atoms with E-state index < -0.39 is 0 Å². The number of piperidine rings is 1. The van der Waals surface area contributed by atoms with Gasteiger partial charge in [0.25, 0.3) is 5.91 Å². The third kappa shape index (κ3) is 6.75. The van der Waals surface area contributed by atoms with Gasteiger partial charge in [-0.2, -0.15) is 11.8 Å². The van der Waals surface area contributed by atoms with Crippen LogP contribution in [0.2, 0.25) is 0 Å². The molecule has 0 saturated carbocycles.